The normalized spacial score (nSPS) is 12.2. The molecule has 5 rings (SSSR count). The molecule has 34 heavy (non-hydrogen) atoms. The van der Waals surface area contributed by atoms with Crippen molar-refractivity contribution in [3.8, 4) is 28.2 Å². The molecule has 172 valence electrons. The largest absolute Gasteiger partial charge is 0.475 e. The molecule has 0 saturated carbocycles. The predicted octanol–water partition coefficient (Wildman–Crippen LogP) is 6.65. The molecule has 0 spiro atoms. The van der Waals surface area contributed by atoms with E-state index in [0.717, 1.165) is 45.0 Å². The second-order valence-corrected chi connectivity index (χ2v) is 8.32. The SMILES string of the molecule is CC(Oc1ccccc1-c1oc2nccc(NCc3ccco3)c2c1-c1ccccc1)N(C)C. The van der Waals surface area contributed by atoms with Crippen molar-refractivity contribution in [2.24, 2.45) is 0 Å². The van der Waals surface area contributed by atoms with Crippen LogP contribution >= 0.6 is 0 Å². The fraction of sp³-hybridized carbons (Fsp3) is 0.179. The topological polar surface area (TPSA) is 63.7 Å². The molecule has 6 heteroatoms. The lowest BCUT2D eigenvalue weighted by molar-refractivity contribution is 0.0820. The molecule has 0 radical (unpaired) electrons. The van der Waals surface area contributed by atoms with Crippen LogP contribution in [0.2, 0.25) is 0 Å². The first-order valence-corrected chi connectivity index (χ1v) is 11.3. The van der Waals surface area contributed by atoms with Crippen LogP contribution in [-0.4, -0.2) is 30.2 Å². The molecule has 3 heterocycles. The van der Waals surface area contributed by atoms with Crippen LogP contribution in [0.5, 0.6) is 5.75 Å². The molecule has 2 aromatic carbocycles. The van der Waals surface area contributed by atoms with Gasteiger partial charge in [-0.25, -0.2) is 4.98 Å². The maximum absolute atomic E-state index is 6.43. The average Bonchev–Trinajstić information content (AvgIpc) is 3.51. The molecule has 0 fully saturated rings. The van der Waals surface area contributed by atoms with Crippen molar-refractivity contribution in [2.45, 2.75) is 19.7 Å². The zero-order valence-corrected chi connectivity index (χ0v) is 19.5. The summed E-state index contributed by atoms with van der Waals surface area (Å²) in [5, 5.41) is 4.42. The molecule has 5 aromatic rings. The number of hydrogen-bond donors (Lipinski definition) is 1. The van der Waals surface area contributed by atoms with E-state index >= 15 is 0 Å². The molecular weight excluding hydrogens is 426 g/mol. The summed E-state index contributed by atoms with van der Waals surface area (Å²) in [7, 11) is 3.98. The summed E-state index contributed by atoms with van der Waals surface area (Å²) in [6.07, 6.45) is 3.33. The molecule has 1 N–H and O–H groups in total. The van der Waals surface area contributed by atoms with Crippen molar-refractivity contribution in [1.29, 1.82) is 0 Å². The fourth-order valence-corrected chi connectivity index (χ4v) is 3.88. The van der Waals surface area contributed by atoms with Crippen molar-refractivity contribution in [3.63, 3.8) is 0 Å². The Bertz CT molecular complexity index is 1380. The Balaban J connectivity index is 1.68. The Kier molecular flexibility index (Phi) is 6.06. The second kappa shape index (κ2) is 9.45. The summed E-state index contributed by atoms with van der Waals surface area (Å²) in [4.78, 5) is 6.58. The van der Waals surface area contributed by atoms with Crippen molar-refractivity contribution in [1.82, 2.24) is 9.88 Å². The Morgan fingerprint density at radius 1 is 0.971 bits per heavy atom. The third-order valence-electron chi connectivity index (χ3n) is 5.84. The van der Waals surface area contributed by atoms with E-state index in [1.165, 1.54) is 0 Å². The summed E-state index contributed by atoms with van der Waals surface area (Å²) in [5.41, 5.74) is 4.38. The van der Waals surface area contributed by atoms with Gasteiger partial charge in [0.25, 0.3) is 0 Å². The Hall–Kier alpha value is -4.03. The maximum atomic E-state index is 6.43. The van der Waals surface area contributed by atoms with Gasteiger partial charge in [0.05, 0.1) is 23.8 Å². The third kappa shape index (κ3) is 4.28. The minimum Gasteiger partial charge on any atom is -0.475 e. The molecule has 0 amide bonds. The van der Waals surface area contributed by atoms with Crippen LogP contribution in [0.1, 0.15) is 12.7 Å². The average molecular weight is 454 g/mol. The highest BCUT2D eigenvalue weighted by atomic mass is 16.5. The van der Waals surface area contributed by atoms with Crippen LogP contribution in [0.25, 0.3) is 33.6 Å². The molecule has 0 bridgehead atoms. The van der Waals surface area contributed by atoms with Crippen molar-refractivity contribution >= 4 is 16.8 Å². The summed E-state index contributed by atoms with van der Waals surface area (Å²) in [6, 6.07) is 24.0. The van der Waals surface area contributed by atoms with Gasteiger partial charge < -0.3 is 18.9 Å². The van der Waals surface area contributed by atoms with E-state index < -0.39 is 0 Å². The van der Waals surface area contributed by atoms with E-state index in [2.05, 4.69) is 22.4 Å². The van der Waals surface area contributed by atoms with Gasteiger partial charge in [-0.1, -0.05) is 42.5 Å². The highest BCUT2D eigenvalue weighted by Gasteiger charge is 2.24. The lowest BCUT2D eigenvalue weighted by atomic mass is 9.98. The lowest BCUT2D eigenvalue weighted by Gasteiger charge is -2.22. The summed E-state index contributed by atoms with van der Waals surface area (Å²) in [5.74, 6) is 2.33. The highest BCUT2D eigenvalue weighted by Crippen LogP contribution is 2.45. The van der Waals surface area contributed by atoms with Crippen molar-refractivity contribution in [2.75, 3.05) is 19.4 Å². The number of hydrogen-bond acceptors (Lipinski definition) is 6. The minimum absolute atomic E-state index is 0.102. The van der Waals surface area contributed by atoms with Gasteiger partial charge in [-0.2, -0.15) is 0 Å². The second-order valence-electron chi connectivity index (χ2n) is 8.32. The summed E-state index contributed by atoms with van der Waals surface area (Å²) in [6.45, 7) is 2.58. The molecule has 1 atom stereocenters. The summed E-state index contributed by atoms with van der Waals surface area (Å²) >= 11 is 0. The van der Waals surface area contributed by atoms with E-state index in [1.807, 2.05) is 86.6 Å². The predicted molar refractivity (Wildman–Crippen MR) is 135 cm³/mol. The Morgan fingerprint density at radius 2 is 1.76 bits per heavy atom. The maximum Gasteiger partial charge on any atom is 0.229 e. The van der Waals surface area contributed by atoms with Gasteiger partial charge >= 0.3 is 0 Å². The third-order valence-corrected chi connectivity index (χ3v) is 5.84. The molecular formula is C28H27N3O3. The number of pyridine rings is 1. The van der Waals surface area contributed by atoms with Crippen molar-refractivity contribution < 1.29 is 13.6 Å². The monoisotopic (exact) mass is 453 g/mol. The number of fused-ring (bicyclic) bond motifs is 1. The number of para-hydroxylation sites is 1. The minimum atomic E-state index is -0.102. The van der Waals surface area contributed by atoms with Crippen LogP contribution in [0.15, 0.2) is 94.1 Å². The molecule has 0 aliphatic carbocycles. The zero-order chi connectivity index (χ0) is 23.5. The summed E-state index contributed by atoms with van der Waals surface area (Å²) < 4.78 is 18.2. The van der Waals surface area contributed by atoms with Gasteiger partial charge in [0.15, 0.2) is 0 Å². The van der Waals surface area contributed by atoms with Gasteiger partial charge in [-0.05, 0) is 56.9 Å². The van der Waals surface area contributed by atoms with E-state index in [0.29, 0.717) is 12.3 Å². The van der Waals surface area contributed by atoms with Gasteiger partial charge in [-0.3, -0.25) is 4.90 Å². The number of benzene rings is 2. The molecule has 1 unspecified atom stereocenters. The molecule has 3 aromatic heterocycles. The van der Waals surface area contributed by atoms with E-state index in [1.54, 1.807) is 12.5 Å². The Morgan fingerprint density at radius 3 is 2.53 bits per heavy atom. The van der Waals surface area contributed by atoms with E-state index in [-0.39, 0.29) is 6.23 Å². The smallest absolute Gasteiger partial charge is 0.229 e. The zero-order valence-electron chi connectivity index (χ0n) is 19.5. The first-order valence-electron chi connectivity index (χ1n) is 11.3. The Labute approximate surface area is 198 Å². The van der Waals surface area contributed by atoms with Crippen LogP contribution in [0, 0.1) is 0 Å². The number of rotatable bonds is 8. The fourth-order valence-electron chi connectivity index (χ4n) is 3.88. The van der Waals surface area contributed by atoms with Crippen LogP contribution in [0.4, 0.5) is 5.69 Å². The first-order chi connectivity index (χ1) is 16.6. The molecule has 0 saturated heterocycles. The van der Waals surface area contributed by atoms with E-state index in [4.69, 9.17) is 13.6 Å². The molecule has 0 aliphatic rings. The van der Waals surface area contributed by atoms with Gasteiger partial charge in [-0.15, -0.1) is 0 Å². The number of nitrogens with one attached hydrogen (secondary N) is 1. The first kappa shape index (κ1) is 21.8. The number of anilines is 1. The lowest BCUT2D eigenvalue weighted by Crippen LogP contribution is -2.30. The van der Waals surface area contributed by atoms with Gasteiger partial charge in [0.2, 0.25) is 5.71 Å². The standard InChI is InChI=1S/C28H27N3O3/c1-19(31(2)3)33-24-14-8-7-13-22(24)27-25(20-10-5-4-6-11-20)26-23(15-16-29-28(26)34-27)30-18-21-12-9-17-32-21/h4-17,19H,18H2,1-3H3,(H,29,30). The van der Waals surface area contributed by atoms with Gasteiger partial charge in [0.1, 0.15) is 23.5 Å². The van der Waals surface area contributed by atoms with Crippen LogP contribution in [-0.2, 0) is 6.54 Å². The van der Waals surface area contributed by atoms with Gasteiger partial charge in [0, 0.05) is 17.4 Å². The van der Waals surface area contributed by atoms with Crippen LogP contribution < -0.4 is 10.1 Å². The van der Waals surface area contributed by atoms with Crippen LogP contribution in [0.3, 0.4) is 0 Å². The molecule has 6 nitrogen and oxygen atoms in total. The number of aromatic nitrogens is 1. The highest BCUT2D eigenvalue weighted by molar-refractivity contribution is 6.07. The quantitative estimate of drug-likeness (QED) is 0.265. The molecule has 0 aliphatic heterocycles. The number of ether oxygens (including phenoxy) is 1. The van der Waals surface area contributed by atoms with E-state index in [9.17, 15) is 0 Å². The van der Waals surface area contributed by atoms with Crippen molar-refractivity contribution in [3.05, 3.63) is 91.0 Å². The number of nitrogens with zero attached hydrogens (tertiary/aromatic N) is 2. The number of furan rings is 2.